The Morgan fingerprint density at radius 3 is 2.45 bits per heavy atom. The van der Waals surface area contributed by atoms with Crippen molar-refractivity contribution in [3.05, 3.63) is 64.0 Å². The highest BCUT2D eigenvalue weighted by Gasteiger charge is 2.30. The van der Waals surface area contributed by atoms with Gasteiger partial charge in [0, 0.05) is 34.5 Å². The number of aromatic hydroxyl groups is 1. The van der Waals surface area contributed by atoms with Crippen LogP contribution in [0.5, 0.6) is 28.7 Å². The SMILES string of the molecule is CCCOc1cc2oc(=O)c3c(c(-c4ccc(C)c(OC)c4)c4n3CCc3cc(O)c(OC)cc3-4)c2cc1OC. The second-order valence-electron chi connectivity index (χ2n) is 9.95. The molecule has 1 aliphatic heterocycles. The van der Waals surface area contributed by atoms with Gasteiger partial charge in [0.2, 0.25) is 0 Å². The zero-order chi connectivity index (χ0) is 28.1. The summed E-state index contributed by atoms with van der Waals surface area (Å²) in [4.78, 5) is 13.7. The second kappa shape index (κ2) is 9.86. The standard InChI is InChI=1S/C32H31NO7/c1-6-11-39-27-16-24-21(15-26(27)38-5)29-28(19-8-7-17(2)23(13-19)36-3)30-20-14-25(37-4)22(34)12-18(20)9-10-33(30)31(29)32(35)40-24/h7-8,12-16,34H,6,9-11H2,1-5H3. The smallest absolute Gasteiger partial charge is 0.361 e. The maximum Gasteiger partial charge on any atom is 0.361 e. The first-order valence-corrected chi connectivity index (χ1v) is 13.3. The number of methoxy groups -OCH3 is 3. The monoisotopic (exact) mass is 541 g/mol. The fourth-order valence-electron chi connectivity index (χ4n) is 5.74. The maximum absolute atomic E-state index is 13.7. The van der Waals surface area contributed by atoms with Gasteiger partial charge in [-0.25, -0.2) is 4.79 Å². The van der Waals surface area contributed by atoms with Crippen molar-refractivity contribution >= 4 is 21.9 Å². The van der Waals surface area contributed by atoms with E-state index in [0.29, 0.717) is 47.9 Å². The Kier molecular flexibility index (Phi) is 6.33. The summed E-state index contributed by atoms with van der Waals surface area (Å²) in [6, 6.07) is 13.2. The zero-order valence-electron chi connectivity index (χ0n) is 23.2. The van der Waals surface area contributed by atoms with Gasteiger partial charge in [0.05, 0.1) is 33.6 Å². The van der Waals surface area contributed by atoms with E-state index in [-0.39, 0.29) is 5.75 Å². The number of aromatic nitrogens is 1. The number of hydrogen-bond donors (Lipinski definition) is 1. The van der Waals surface area contributed by atoms with Crippen molar-refractivity contribution in [2.45, 2.75) is 33.2 Å². The molecule has 5 aromatic rings. The molecule has 0 unspecified atom stereocenters. The summed E-state index contributed by atoms with van der Waals surface area (Å²) in [7, 11) is 4.77. The minimum Gasteiger partial charge on any atom is -0.504 e. The zero-order valence-corrected chi connectivity index (χ0v) is 23.2. The van der Waals surface area contributed by atoms with E-state index in [9.17, 15) is 9.90 Å². The summed E-state index contributed by atoms with van der Waals surface area (Å²) in [5.74, 6) is 2.26. The fourth-order valence-corrected chi connectivity index (χ4v) is 5.74. The molecule has 2 aromatic heterocycles. The highest BCUT2D eigenvalue weighted by molar-refractivity contribution is 6.17. The molecule has 8 heteroatoms. The lowest BCUT2D eigenvalue weighted by molar-refractivity contribution is 0.294. The normalized spacial score (nSPS) is 12.3. The molecular formula is C32H31NO7. The molecule has 0 radical (unpaired) electrons. The first-order valence-electron chi connectivity index (χ1n) is 13.3. The Hall–Kier alpha value is -4.59. The largest absolute Gasteiger partial charge is 0.504 e. The molecule has 0 spiro atoms. The van der Waals surface area contributed by atoms with Gasteiger partial charge in [0.1, 0.15) is 16.8 Å². The first kappa shape index (κ1) is 25.7. The lowest BCUT2D eigenvalue weighted by atomic mass is 9.91. The van der Waals surface area contributed by atoms with Gasteiger partial charge < -0.3 is 33.0 Å². The van der Waals surface area contributed by atoms with Crippen LogP contribution in [-0.4, -0.2) is 37.6 Å². The molecule has 3 aromatic carbocycles. The van der Waals surface area contributed by atoms with Crippen LogP contribution < -0.4 is 24.6 Å². The van der Waals surface area contributed by atoms with Crippen molar-refractivity contribution < 1.29 is 28.5 Å². The van der Waals surface area contributed by atoms with Crippen molar-refractivity contribution in [3.8, 4) is 51.1 Å². The molecular weight excluding hydrogens is 510 g/mol. The van der Waals surface area contributed by atoms with E-state index < -0.39 is 5.63 Å². The third-order valence-electron chi connectivity index (χ3n) is 7.62. The topological polar surface area (TPSA) is 92.3 Å². The summed E-state index contributed by atoms with van der Waals surface area (Å²) in [6.07, 6.45) is 1.46. The van der Waals surface area contributed by atoms with Crippen LogP contribution in [0.15, 0.2) is 51.7 Å². The Labute approximate surface area is 231 Å². The van der Waals surface area contributed by atoms with Gasteiger partial charge in [-0.05, 0) is 60.7 Å². The van der Waals surface area contributed by atoms with Crippen LogP contribution in [-0.2, 0) is 13.0 Å². The summed E-state index contributed by atoms with van der Waals surface area (Å²) in [5.41, 5.74) is 5.90. The molecule has 3 heterocycles. The highest BCUT2D eigenvalue weighted by Crippen LogP contribution is 2.49. The molecule has 0 bridgehead atoms. The second-order valence-corrected chi connectivity index (χ2v) is 9.95. The average molecular weight is 542 g/mol. The molecule has 0 aliphatic carbocycles. The maximum atomic E-state index is 13.7. The van der Waals surface area contributed by atoms with E-state index in [1.165, 1.54) is 7.11 Å². The number of rotatable bonds is 7. The van der Waals surface area contributed by atoms with Crippen LogP contribution in [0.3, 0.4) is 0 Å². The Bertz CT molecular complexity index is 1850. The van der Waals surface area contributed by atoms with Crippen molar-refractivity contribution in [2.24, 2.45) is 0 Å². The van der Waals surface area contributed by atoms with Gasteiger partial charge in [-0.2, -0.15) is 0 Å². The predicted octanol–water partition coefficient (Wildman–Crippen LogP) is 6.47. The van der Waals surface area contributed by atoms with Crippen LogP contribution >= 0.6 is 0 Å². The molecule has 0 atom stereocenters. The van der Waals surface area contributed by atoms with Crippen molar-refractivity contribution in [1.82, 2.24) is 4.57 Å². The Morgan fingerprint density at radius 2 is 1.73 bits per heavy atom. The van der Waals surface area contributed by atoms with E-state index in [1.54, 1.807) is 26.4 Å². The molecule has 1 aliphatic rings. The van der Waals surface area contributed by atoms with Gasteiger partial charge in [0.15, 0.2) is 23.0 Å². The van der Waals surface area contributed by atoms with Crippen LogP contribution in [0, 0.1) is 6.92 Å². The van der Waals surface area contributed by atoms with Crippen molar-refractivity contribution in [1.29, 1.82) is 0 Å². The minimum atomic E-state index is -0.435. The predicted molar refractivity (Wildman–Crippen MR) is 154 cm³/mol. The van der Waals surface area contributed by atoms with E-state index in [4.69, 9.17) is 23.4 Å². The van der Waals surface area contributed by atoms with Crippen LogP contribution in [0.2, 0.25) is 0 Å². The molecule has 6 rings (SSSR count). The summed E-state index contributed by atoms with van der Waals surface area (Å²) in [5, 5.41) is 12.0. The summed E-state index contributed by atoms with van der Waals surface area (Å²) in [6.45, 7) is 5.07. The number of aryl methyl sites for hydroxylation is 3. The van der Waals surface area contributed by atoms with Gasteiger partial charge in [0.25, 0.3) is 0 Å². The van der Waals surface area contributed by atoms with Gasteiger partial charge in [-0.15, -0.1) is 0 Å². The number of fused-ring (bicyclic) bond motifs is 7. The number of nitrogens with zero attached hydrogens (tertiary/aromatic N) is 1. The number of phenolic OH excluding ortho intramolecular Hbond substituents is 1. The van der Waals surface area contributed by atoms with Crippen LogP contribution in [0.25, 0.3) is 44.3 Å². The summed E-state index contributed by atoms with van der Waals surface area (Å²) < 4.78 is 30.7. The van der Waals surface area contributed by atoms with Crippen molar-refractivity contribution in [2.75, 3.05) is 27.9 Å². The lowest BCUT2D eigenvalue weighted by Gasteiger charge is -2.22. The van der Waals surface area contributed by atoms with E-state index in [0.717, 1.165) is 56.5 Å². The van der Waals surface area contributed by atoms with Crippen LogP contribution in [0.1, 0.15) is 24.5 Å². The molecule has 1 N–H and O–H groups in total. The van der Waals surface area contributed by atoms with Crippen molar-refractivity contribution in [3.63, 3.8) is 0 Å². The minimum absolute atomic E-state index is 0.0821. The number of ether oxygens (including phenoxy) is 4. The Morgan fingerprint density at radius 1 is 0.950 bits per heavy atom. The molecule has 8 nitrogen and oxygen atoms in total. The quantitative estimate of drug-likeness (QED) is 0.236. The first-order chi connectivity index (χ1) is 19.4. The highest BCUT2D eigenvalue weighted by atomic mass is 16.5. The molecule has 206 valence electrons. The third-order valence-corrected chi connectivity index (χ3v) is 7.62. The van der Waals surface area contributed by atoms with Gasteiger partial charge >= 0.3 is 5.63 Å². The van der Waals surface area contributed by atoms with E-state index in [1.807, 2.05) is 48.7 Å². The molecule has 40 heavy (non-hydrogen) atoms. The van der Waals surface area contributed by atoms with E-state index in [2.05, 4.69) is 0 Å². The summed E-state index contributed by atoms with van der Waals surface area (Å²) >= 11 is 0. The molecule has 0 saturated heterocycles. The Balaban J connectivity index is 1.79. The number of benzene rings is 3. The molecule has 0 fully saturated rings. The molecule has 0 saturated carbocycles. The molecule has 0 amide bonds. The fraction of sp³-hybridized carbons (Fsp3) is 0.281. The number of hydrogen-bond acceptors (Lipinski definition) is 7. The van der Waals surface area contributed by atoms with Crippen LogP contribution in [0.4, 0.5) is 0 Å². The van der Waals surface area contributed by atoms with Gasteiger partial charge in [-0.3, -0.25) is 0 Å². The third kappa shape index (κ3) is 3.86. The number of phenols is 1. The lowest BCUT2D eigenvalue weighted by Crippen LogP contribution is -2.14. The van der Waals surface area contributed by atoms with E-state index >= 15 is 0 Å². The average Bonchev–Trinajstić information content (AvgIpc) is 3.32. The van der Waals surface area contributed by atoms with Gasteiger partial charge in [-0.1, -0.05) is 19.1 Å².